The topological polar surface area (TPSA) is 57.2 Å². The highest BCUT2D eigenvalue weighted by Crippen LogP contribution is 2.60. The molecule has 3 saturated carbocycles. The van der Waals surface area contributed by atoms with Gasteiger partial charge in [0.25, 0.3) is 0 Å². The van der Waals surface area contributed by atoms with Gasteiger partial charge >= 0.3 is 5.97 Å². The molecule has 6 nitrogen and oxygen atoms in total. The monoisotopic (exact) mass is 806 g/mol. The van der Waals surface area contributed by atoms with Crippen LogP contribution in [-0.2, 0) is 29.6 Å². The molecule has 1 aromatic carbocycles. The zero-order valence-electron chi connectivity index (χ0n) is 38.0. The first-order chi connectivity index (χ1) is 25.9. The van der Waals surface area contributed by atoms with Crippen molar-refractivity contribution in [2.24, 2.45) is 23.2 Å². The van der Waals surface area contributed by atoms with E-state index in [1.807, 2.05) is 6.92 Å². The van der Waals surface area contributed by atoms with Gasteiger partial charge in [0.15, 0.2) is 22.2 Å². The molecule has 2 unspecified atom stereocenters. The van der Waals surface area contributed by atoms with Crippen LogP contribution in [0.5, 0.6) is 0 Å². The molecule has 8 heteroatoms. The number of methoxy groups -OCH3 is 1. The second kappa shape index (κ2) is 17.0. The maximum atomic E-state index is 13.0. The third kappa shape index (κ3) is 9.79. The number of carbonyl (C=O) groups excluding carboxylic acids is 1. The zero-order valence-corrected chi connectivity index (χ0v) is 40.0. The molecule has 0 bridgehead atoms. The summed E-state index contributed by atoms with van der Waals surface area (Å²) in [6.07, 6.45) is 15.6. The standard InChI is InChI=1S/C48H79NO5Si2/c1-34(30-39-33-48(10,44(50)51-11)54-49(39)29-27-36-20-17-16-18-21-36)41-25-26-42-37(22-19-28-47(41,42)9)23-24-38-31-40(52-55(12,13)45(3,4)5)32-43(35(38)2)53-56(14,15)46(6,7)8/h16-18,20-21,23-24,34,39-43H,2,19,22,25-33H2,1,3-15H3/b37-23+,38-24-/t34-,39?,40-,41-,42+,43+,47-,48?/m1/s1. The number of fused-ring (bicyclic) bond motifs is 1. The van der Waals surface area contributed by atoms with E-state index in [2.05, 4.69) is 129 Å². The van der Waals surface area contributed by atoms with E-state index < -0.39 is 22.2 Å². The summed E-state index contributed by atoms with van der Waals surface area (Å²) < 4.78 is 19.5. The molecule has 0 amide bonds. The van der Waals surface area contributed by atoms with Crippen molar-refractivity contribution in [1.82, 2.24) is 5.06 Å². The molecular weight excluding hydrogens is 727 g/mol. The first kappa shape index (κ1) is 45.3. The number of hydroxylamine groups is 2. The Morgan fingerprint density at radius 3 is 2.27 bits per heavy atom. The molecule has 3 aliphatic carbocycles. The van der Waals surface area contributed by atoms with Crippen molar-refractivity contribution in [3.05, 3.63) is 71.3 Å². The van der Waals surface area contributed by atoms with Crippen LogP contribution in [0.3, 0.4) is 0 Å². The molecule has 56 heavy (non-hydrogen) atoms. The fraction of sp³-hybridized carbons (Fsp3) is 0.729. The summed E-state index contributed by atoms with van der Waals surface area (Å²) in [4.78, 5) is 19.4. The summed E-state index contributed by atoms with van der Waals surface area (Å²) in [5, 5.41) is 2.40. The van der Waals surface area contributed by atoms with Crippen LogP contribution in [0.25, 0.3) is 0 Å². The van der Waals surface area contributed by atoms with Crippen LogP contribution < -0.4 is 0 Å². The molecule has 314 valence electrons. The predicted molar refractivity (Wildman–Crippen MR) is 237 cm³/mol. The minimum absolute atomic E-state index is 0.00902. The Hall–Kier alpha value is -1.82. The fourth-order valence-corrected chi connectivity index (χ4v) is 12.8. The Kier molecular flexibility index (Phi) is 13.8. The third-order valence-corrected chi connectivity index (χ3v) is 24.6. The van der Waals surface area contributed by atoms with Crippen LogP contribution in [0.15, 0.2) is 65.8 Å². The molecule has 0 radical (unpaired) electrons. The summed E-state index contributed by atoms with van der Waals surface area (Å²) in [7, 11) is -2.53. The minimum Gasteiger partial charge on any atom is -0.467 e. The van der Waals surface area contributed by atoms with E-state index in [9.17, 15) is 4.79 Å². The Balaban J connectivity index is 1.35. The van der Waals surface area contributed by atoms with Gasteiger partial charge in [0.05, 0.1) is 19.3 Å². The second-order valence-electron chi connectivity index (χ2n) is 21.6. The van der Waals surface area contributed by atoms with Gasteiger partial charge in [0, 0.05) is 25.4 Å². The van der Waals surface area contributed by atoms with Gasteiger partial charge in [0.2, 0.25) is 0 Å². The first-order valence-electron chi connectivity index (χ1n) is 21.9. The highest BCUT2D eigenvalue weighted by molar-refractivity contribution is 6.74. The lowest BCUT2D eigenvalue weighted by molar-refractivity contribution is -0.215. The number of carbonyl (C=O) groups is 1. The molecular formula is C48H79NO5Si2. The minimum atomic E-state index is -2.03. The fourth-order valence-electron chi connectivity index (χ4n) is 10.1. The van der Waals surface area contributed by atoms with Crippen molar-refractivity contribution in [1.29, 1.82) is 0 Å². The highest BCUT2D eigenvalue weighted by atomic mass is 28.4. The van der Waals surface area contributed by atoms with Crippen LogP contribution in [0, 0.1) is 23.2 Å². The zero-order chi connectivity index (χ0) is 41.5. The van der Waals surface area contributed by atoms with Crippen molar-refractivity contribution in [2.75, 3.05) is 13.7 Å². The van der Waals surface area contributed by atoms with Crippen LogP contribution in [0.4, 0.5) is 0 Å². The van der Waals surface area contributed by atoms with Gasteiger partial charge < -0.3 is 13.6 Å². The average molecular weight is 806 g/mol. The van der Waals surface area contributed by atoms with Crippen LogP contribution >= 0.6 is 0 Å². The molecule has 8 atom stereocenters. The quantitative estimate of drug-likeness (QED) is 0.155. The maximum Gasteiger partial charge on any atom is 0.340 e. The molecule has 1 saturated heterocycles. The third-order valence-electron chi connectivity index (χ3n) is 15.5. The molecule has 1 heterocycles. The van der Waals surface area contributed by atoms with Crippen LogP contribution in [-0.4, -0.2) is 65.2 Å². The number of hydrogen-bond donors (Lipinski definition) is 0. The lowest BCUT2D eigenvalue weighted by Crippen LogP contribution is -2.49. The molecule has 0 aromatic heterocycles. The van der Waals surface area contributed by atoms with Crippen molar-refractivity contribution < 1.29 is 23.2 Å². The smallest absolute Gasteiger partial charge is 0.340 e. The number of esters is 1. The van der Waals surface area contributed by atoms with Gasteiger partial charge in [0.1, 0.15) is 0 Å². The largest absolute Gasteiger partial charge is 0.467 e. The van der Waals surface area contributed by atoms with E-state index in [1.54, 1.807) is 5.57 Å². The summed E-state index contributed by atoms with van der Waals surface area (Å²) >= 11 is 0. The van der Waals surface area contributed by atoms with Gasteiger partial charge in [-0.15, -0.1) is 0 Å². The second-order valence-corrected chi connectivity index (χ2v) is 31.1. The van der Waals surface area contributed by atoms with E-state index in [0.29, 0.717) is 24.2 Å². The summed E-state index contributed by atoms with van der Waals surface area (Å²) in [5.41, 5.74) is 4.69. The van der Waals surface area contributed by atoms with Crippen molar-refractivity contribution in [3.8, 4) is 0 Å². The Morgan fingerprint density at radius 2 is 1.64 bits per heavy atom. The Labute approximate surface area is 344 Å². The van der Waals surface area contributed by atoms with Crippen LogP contribution in [0.1, 0.15) is 126 Å². The SMILES string of the molecule is C=C1/C(=C\C=C2/CCC[C@]3(C)[C@@H]([C@H](C)CC4CC(C)(C(=O)OC)ON4CCc4ccccc4)CC[C@@H]23)C[C@@H](O[Si](C)(C)C(C)(C)C)C[C@@H]1O[Si](C)(C)C(C)(C)C. The number of allylic oxidation sites excluding steroid dienone is 3. The first-order valence-corrected chi connectivity index (χ1v) is 27.7. The summed E-state index contributed by atoms with van der Waals surface area (Å²) in [6.45, 7) is 35.9. The highest BCUT2D eigenvalue weighted by Gasteiger charge is 2.53. The van der Waals surface area contributed by atoms with Crippen LogP contribution in [0.2, 0.25) is 36.3 Å². The van der Waals surface area contributed by atoms with E-state index in [-0.39, 0.29) is 39.7 Å². The number of benzene rings is 1. The van der Waals surface area contributed by atoms with E-state index in [1.165, 1.54) is 50.4 Å². The van der Waals surface area contributed by atoms with Gasteiger partial charge in [-0.05, 0) is 134 Å². The molecule has 0 spiro atoms. The van der Waals surface area contributed by atoms with Gasteiger partial charge in [-0.2, -0.15) is 5.06 Å². The van der Waals surface area contributed by atoms with E-state index in [4.69, 9.17) is 25.0 Å². The van der Waals surface area contributed by atoms with Crippen molar-refractivity contribution in [3.63, 3.8) is 0 Å². The van der Waals surface area contributed by atoms with Gasteiger partial charge in [-0.1, -0.05) is 110 Å². The molecule has 1 aromatic rings. The number of rotatable bonds is 12. The number of ether oxygens (including phenoxy) is 1. The lowest BCUT2D eigenvalue weighted by atomic mass is 9.60. The van der Waals surface area contributed by atoms with Gasteiger partial charge in [-0.3, -0.25) is 4.84 Å². The normalized spacial score (nSPS) is 32.9. The predicted octanol–water partition coefficient (Wildman–Crippen LogP) is 12.4. The maximum absolute atomic E-state index is 13.0. The molecule has 5 rings (SSSR count). The number of nitrogens with zero attached hydrogens (tertiary/aromatic N) is 1. The molecule has 4 fully saturated rings. The van der Waals surface area contributed by atoms with Crippen molar-refractivity contribution >= 4 is 22.6 Å². The van der Waals surface area contributed by atoms with E-state index >= 15 is 0 Å². The summed E-state index contributed by atoms with van der Waals surface area (Å²) in [6, 6.07) is 10.7. The van der Waals surface area contributed by atoms with E-state index in [0.717, 1.165) is 37.8 Å². The lowest BCUT2D eigenvalue weighted by Gasteiger charge is -2.46. The molecule has 4 aliphatic rings. The van der Waals surface area contributed by atoms with Crippen molar-refractivity contribution in [2.45, 2.75) is 187 Å². The molecule has 1 aliphatic heterocycles. The Bertz CT molecular complexity index is 1600. The number of hydrogen-bond acceptors (Lipinski definition) is 6. The Morgan fingerprint density at radius 1 is 1.00 bits per heavy atom. The average Bonchev–Trinajstić information content (AvgIpc) is 3.63. The van der Waals surface area contributed by atoms with Gasteiger partial charge in [-0.25, -0.2) is 4.79 Å². The summed E-state index contributed by atoms with van der Waals surface area (Å²) in [5.74, 6) is 1.44. The molecule has 0 N–H and O–H groups in total.